The number of halogens is 3. The topological polar surface area (TPSA) is 24.9 Å². The second-order valence-corrected chi connectivity index (χ2v) is 4.28. The zero-order valence-corrected chi connectivity index (χ0v) is 10.9. The van der Waals surface area contributed by atoms with E-state index in [2.05, 4.69) is 16.4 Å². The van der Waals surface area contributed by atoms with Crippen molar-refractivity contribution in [1.82, 2.24) is 10.3 Å². The fourth-order valence-corrected chi connectivity index (χ4v) is 2.44. The van der Waals surface area contributed by atoms with Gasteiger partial charge in [-0.3, -0.25) is 0 Å². The fraction of sp³-hybridized carbons (Fsp3) is 0.364. The Morgan fingerprint density at radius 2 is 2.06 bits per heavy atom. The Morgan fingerprint density at radius 3 is 2.56 bits per heavy atom. The number of hydrogen-bond donors (Lipinski definition) is 1. The van der Waals surface area contributed by atoms with E-state index < -0.39 is 0 Å². The van der Waals surface area contributed by atoms with Crippen molar-refractivity contribution >= 4 is 42.0 Å². The molecule has 0 aliphatic carbocycles. The van der Waals surface area contributed by atoms with Gasteiger partial charge in [-0.1, -0.05) is 23.7 Å². The van der Waals surface area contributed by atoms with Crippen molar-refractivity contribution in [3.63, 3.8) is 0 Å². The van der Waals surface area contributed by atoms with Crippen molar-refractivity contribution in [2.75, 3.05) is 0 Å². The third kappa shape index (κ3) is 2.35. The lowest BCUT2D eigenvalue weighted by atomic mass is 9.94. The third-order valence-corrected chi connectivity index (χ3v) is 3.22. The summed E-state index contributed by atoms with van der Waals surface area (Å²) in [6.07, 6.45) is 6.70. The molecule has 3 heterocycles. The second kappa shape index (κ2) is 5.37. The summed E-state index contributed by atoms with van der Waals surface area (Å²) >= 11 is 5.75. The monoisotopic (exact) mass is 278 g/mol. The maximum Gasteiger partial charge on any atom is 0.129 e. The van der Waals surface area contributed by atoms with Gasteiger partial charge in [0.15, 0.2) is 0 Å². The van der Waals surface area contributed by atoms with Gasteiger partial charge in [0.25, 0.3) is 0 Å². The van der Waals surface area contributed by atoms with Crippen LogP contribution in [0.25, 0.3) is 5.57 Å². The molecular formula is C11H13Cl3N2. The first-order chi connectivity index (χ1) is 6.83. The molecule has 2 bridgehead atoms. The number of rotatable bonds is 1. The molecule has 2 aliphatic heterocycles. The molecule has 0 unspecified atom stereocenters. The Hall–Kier alpha value is -0.280. The normalized spacial score (nSPS) is 25.7. The Kier molecular flexibility index (Phi) is 4.62. The minimum atomic E-state index is 0. The summed E-state index contributed by atoms with van der Waals surface area (Å²) < 4.78 is 0. The van der Waals surface area contributed by atoms with Crippen LogP contribution in [0.2, 0.25) is 5.15 Å². The molecule has 1 fully saturated rings. The van der Waals surface area contributed by atoms with Crippen LogP contribution in [-0.4, -0.2) is 17.1 Å². The molecule has 0 amide bonds. The molecule has 1 N–H and O–H groups in total. The van der Waals surface area contributed by atoms with E-state index in [-0.39, 0.29) is 24.8 Å². The minimum Gasteiger partial charge on any atom is -0.304 e. The molecule has 0 radical (unpaired) electrons. The molecule has 1 saturated heterocycles. The number of nitrogens with zero attached hydrogens (tertiary/aromatic N) is 1. The molecule has 2 atom stereocenters. The van der Waals surface area contributed by atoms with Gasteiger partial charge in [0, 0.05) is 18.3 Å². The lowest BCUT2D eigenvalue weighted by Gasteiger charge is -2.11. The van der Waals surface area contributed by atoms with Gasteiger partial charge in [-0.2, -0.15) is 0 Å². The van der Waals surface area contributed by atoms with Gasteiger partial charge in [-0.05, 0) is 30.0 Å². The first-order valence-electron chi connectivity index (χ1n) is 4.92. The molecule has 16 heavy (non-hydrogen) atoms. The van der Waals surface area contributed by atoms with Crippen LogP contribution in [-0.2, 0) is 0 Å². The van der Waals surface area contributed by atoms with E-state index in [4.69, 9.17) is 11.6 Å². The average molecular weight is 280 g/mol. The van der Waals surface area contributed by atoms with E-state index in [0.29, 0.717) is 17.2 Å². The van der Waals surface area contributed by atoms with Crippen LogP contribution in [0.1, 0.15) is 18.4 Å². The van der Waals surface area contributed by atoms with Crippen molar-refractivity contribution in [1.29, 1.82) is 0 Å². The van der Waals surface area contributed by atoms with Gasteiger partial charge >= 0.3 is 0 Å². The highest BCUT2D eigenvalue weighted by atomic mass is 35.5. The van der Waals surface area contributed by atoms with Gasteiger partial charge in [-0.25, -0.2) is 4.98 Å². The van der Waals surface area contributed by atoms with Gasteiger partial charge < -0.3 is 5.32 Å². The first-order valence-corrected chi connectivity index (χ1v) is 5.30. The van der Waals surface area contributed by atoms with Gasteiger partial charge in [0.1, 0.15) is 5.15 Å². The molecule has 2 nitrogen and oxygen atoms in total. The Balaban J connectivity index is 0.000000640. The molecule has 3 rings (SSSR count). The van der Waals surface area contributed by atoms with Crippen molar-refractivity contribution in [2.24, 2.45) is 0 Å². The second-order valence-electron chi connectivity index (χ2n) is 3.89. The number of hydrogen-bond acceptors (Lipinski definition) is 2. The predicted molar refractivity (Wildman–Crippen MR) is 71.7 cm³/mol. The maximum absolute atomic E-state index is 5.75. The summed E-state index contributed by atoms with van der Waals surface area (Å²) in [5.74, 6) is 0. The zero-order valence-electron chi connectivity index (χ0n) is 8.52. The summed E-state index contributed by atoms with van der Waals surface area (Å²) in [6.45, 7) is 0. The summed E-state index contributed by atoms with van der Waals surface area (Å²) in [6, 6.07) is 5.03. The molecule has 0 spiro atoms. The highest BCUT2D eigenvalue weighted by Gasteiger charge is 2.32. The molecular weight excluding hydrogens is 266 g/mol. The molecule has 0 aromatic carbocycles. The zero-order chi connectivity index (χ0) is 9.54. The standard InChI is InChI=1S/C11H11ClN2.2ClH/c12-11-4-1-7(6-13-11)9-5-8-2-3-10(9)14-8;;/h1,4-6,8,10,14H,2-3H2;2*1H/t8-,10+;;/m0../s1. The van der Waals surface area contributed by atoms with Crippen molar-refractivity contribution in [2.45, 2.75) is 24.9 Å². The molecule has 1 aromatic rings. The number of aromatic nitrogens is 1. The Labute approximate surface area is 112 Å². The van der Waals surface area contributed by atoms with E-state index in [1.54, 1.807) is 0 Å². The van der Waals surface area contributed by atoms with E-state index in [1.807, 2.05) is 18.3 Å². The van der Waals surface area contributed by atoms with Crippen molar-refractivity contribution < 1.29 is 0 Å². The first kappa shape index (κ1) is 13.8. The minimum absolute atomic E-state index is 0. The number of fused-ring (bicyclic) bond motifs is 2. The largest absolute Gasteiger partial charge is 0.304 e. The fourth-order valence-electron chi connectivity index (χ4n) is 2.32. The SMILES string of the molecule is Cl.Cl.Clc1ccc(C2=C[C@@H]3CC[C@H]2N3)cn1. The third-order valence-electron chi connectivity index (χ3n) is 3.00. The van der Waals surface area contributed by atoms with E-state index in [9.17, 15) is 0 Å². The van der Waals surface area contributed by atoms with Gasteiger partial charge in [0.2, 0.25) is 0 Å². The molecule has 0 saturated carbocycles. The van der Waals surface area contributed by atoms with E-state index in [0.717, 1.165) is 0 Å². The van der Waals surface area contributed by atoms with Crippen LogP contribution in [0, 0.1) is 0 Å². The van der Waals surface area contributed by atoms with Crippen LogP contribution in [0.4, 0.5) is 0 Å². The summed E-state index contributed by atoms with van der Waals surface area (Å²) in [5.41, 5.74) is 2.60. The van der Waals surface area contributed by atoms with Crippen molar-refractivity contribution in [3.8, 4) is 0 Å². The van der Waals surface area contributed by atoms with Crippen LogP contribution in [0.15, 0.2) is 24.4 Å². The van der Waals surface area contributed by atoms with Crippen LogP contribution < -0.4 is 5.32 Å². The molecule has 2 aliphatic rings. The van der Waals surface area contributed by atoms with Crippen LogP contribution in [0.3, 0.4) is 0 Å². The Bertz CT molecular complexity index is 389. The number of pyridine rings is 1. The molecule has 1 aromatic heterocycles. The molecule has 5 heteroatoms. The van der Waals surface area contributed by atoms with Crippen LogP contribution >= 0.6 is 36.4 Å². The highest BCUT2D eigenvalue weighted by molar-refractivity contribution is 6.29. The summed E-state index contributed by atoms with van der Waals surface area (Å²) in [7, 11) is 0. The quantitative estimate of drug-likeness (QED) is 0.799. The number of nitrogens with one attached hydrogen (secondary N) is 1. The summed E-state index contributed by atoms with van der Waals surface area (Å²) in [4.78, 5) is 4.10. The predicted octanol–water partition coefficient (Wildman–Crippen LogP) is 3.10. The average Bonchev–Trinajstić information content (AvgIpc) is 2.80. The maximum atomic E-state index is 5.75. The van der Waals surface area contributed by atoms with E-state index >= 15 is 0 Å². The van der Waals surface area contributed by atoms with Crippen molar-refractivity contribution in [3.05, 3.63) is 35.1 Å². The smallest absolute Gasteiger partial charge is 0.129 e. The van der Waals surface area contributed by atoms with E-state index in [1.165, 1.54) is 24.0 Å². The lowest BCUT2D eigenvalue weighted by Crippen LogP contribution is -2.21. The van der Waals surface area contributed by atoms with Gasteiger partial charge in [0.05, 0.1) is 0 Å². The molecule has 88 valence electrons. The summed E-state index contributed by atoms with van der Waals surface area (Å²) in [5, 5.41) is 4.10. The highest BCUT2D eigenvalue weighted by Crippen LogP contribution is 2.33. The van der Waals surface area contributed by atoms with Crippen LogP contribution in [0.5, 0.6) is 0 Å². The lowest BCUT2D eigenvalue weighted by molar-refractivity contribution is 0.721. The Morgan fingerprint density at radius 1 is 1.25 bits per heavy atom. The van der Waals surface area contributed by atoms with Gasteiger partial charge in [-0.15, -0.1) is 24.8 Å².